The van der Waals surface area contributed by atoms with E-state index in [1.54, 1.807) is 11.3 Å². The Balaban J connectivity index is 1.41. The van der Waals surface area contributed by atoms with Gasteiger partial charge in [0, 0.05) is 48.3 Å². The largest absolute Gasteiger partial charge is 0.309 e. The molecular formula is C40H24N4S. The van der Waals surface area contributed by atoms with Crippen LogP contribution in [0.3, 0.4) is 0 Å². The Bertz CT molecular complexity index is 2750. The van der Waals surface area contributed by atoms with Gasteiger partial charge in [-0.3, -0.25) is 4.57 Å². The molecule has 0 saturated carbocycles. The first-order valence-electron chi connectivity index (χ1n) is 15.1. The van der Waals surface area contributed by atoms with Gasteiger partial charge in [0.2, 0.25) is 5.95 Å². The first-order valence-corrected chi connectivity index (χ1v) is 15.9. The maximum atomic E-state index is 5.44. The normalized spacial score (nSPS) is 12.0. The molecule has 0 unspecified atom stereocenters. The Kier molecular flexibility index (Phi) is 5.12. The van der Waals surface area contributed by atoms with Gasteiger partial charge in [-0.15, -0.1) is 11.3 Å². The van der Waals surface area contributed by atoms with Crippen LogP contribution in [0.4, 0.5) is 0 Å². The summed E-state index contributed by atoms with van der Waals surface area (Å²) >= 11 is 1.73. The van der Waals surface area contributed by atoms with Crippen LogP contribution < -0.4 is 0 Å². The van der Waals surface area contributed by atoms with E-state index in [1.165, 1.54) is 37.1 Å². The highest BCUT2D eigenvalue weighted by atomic mass is 32.1. The molecule has 0 spiro atoms. The van der Waals surface area contributed by atoms with Crippen LogP contribution in [0, 0.1) is 0 Å². The van der Waals surface area contributed by atoms with Gasteiger partial charge in [0.1, 0.15) is 4.83 Å². The number of fused-ring (bicyclic) bond motifs is 10. The van der Waals surface area contributed by atoms with E-state index in [0.29, 0.717) is 5.95 Å². The second kappa shape index (κ2) is 9.36. The highest BCUT2D eigenvalue weighted by Crippen LogP contribution is 2.43. The van der Waals surface area contributed by atoms with Crippen LogP contribution in [-0.4, -0.2) is 19.1 Å². The topological polar surface area (TPSA) is 35.6 Å². The van der Waals surface area contributed by atoms with Gasteiger partial charge in [-0.25, -0.2) is 9.97 Å². The lowest BCUT2D eigenvalue weighted by Crippen LogP contribution is -2.03. The second-order valence-electron chi connectivity index (χ2n) is 11.4. The van der Waals surface area contributed by atoms with Gasteiger partial charge in [-0.05, 0) is 36.4 Å². The van der Waals surface area contributed by atoms with Crippen LogP contribution in [0.25, 0.3) is 86.8 Å². The molecule has 0 saturated heterocycles. The van der Waals surface area contributed by atoms with E-state index in [4.69, 9.17) is 9.97 Å². The van der Waals surface area contributed by atoms with Crippen LogP contribution in [0.2, 0.25) is 0 Å². The fourth-order valence-corrected chi connectivity index (χ4v) is 8.16. The number of thiophene rings is 1. The van der Waals surface area contributed by atoms with Gasteiger partial charge in [-0.2, -0.15) is 0 Å². The molecule has 0 radical (unpaired) electrons. The molecule has 0 bridgehead atoms. The molecule has 0 aliphatic heterocycles. The fraction of sp³-hybridized carbons (Fsp3) is 0. The summed E-state index contributed by atoms with van der Waals surface area (Å²) in [7, 11) is 0. The molecule has 0 amide bonds. The van der Waals surface area contributed by atoms with Crippen molar-refractivity contribution in [3.05, 3.63) is 146 Å². The SMILES string of the molecule is c1ccc(-c2nc(-n3c4ccccc4c4ccc5c(c6ccccc6n5-c5ccccc5)c43)nc3sc4ccccc4c23)cc1. The Hall–Kier alpha value is -5.78. The number of benzene rings is 6. The molecule has 0 atom stereocenters. The quantitative estimate of drug-likeness (QED) is 0.205. The Labute approximate surface area is 262 Å². The zero-order chi connectivity index (χ0) is 29.5. The van der Waals surface area contributed by atoms with Gasteiger partial charge in [0.25, 0.3) is 0 Å². The first kappa shape index (κ1) is 24.6. The number of rotatable bonds is 3. The highest BCUT2D eigenvalue weighted by molar-refractivity contribution is 7.25. The van der Waals surface area contributed by atoms with Gasteiger partial charge in [0.05, 0.1) is 27.8 Å². The number of hydrogen-bond acceptors (Lipinski definition) is 3. The van der Waals surface area contributed by atoms with Gasteiger partial charge in [0.15, 0.2) is 0 Å². The van der Waals surface area contributed by atoms with E-state index >= 15 is 0 Å². The molecule has 4 heterocycles. The van der Waals surface area contributed by atoms with Crippen molar-refractivity contribution in [2.24, 2.45) is 0 Å². The minimum absolute atomic E-state index is 0.683. The molecule has 45 heavy (non-hydrogen) atoms. The monoisotopic (exact) mass is 592 g/mol. The number of aromatic nitrogens is 4. The highest BCUT2D eigenvalue weighted by Gasteiger charge is 2.23. The Morgan fingerprint density at radius 1 is 0.444 bits per heavy atom. The maximum absolute atomic E-state index is 5.44. The minimum Gasteiger partial charge on any atom is -0.309 e. The minimum atomic E-state index is 0.683. The number of para-hydroxylation sites is 3. The van der Waals surface area contributed by atoms with E-state index in [-0.39, 0.29) is 0 Å². The summed E-state index contributed by atoms with van der Waals surface area (Å²) in [6.45, 7) is 0. The molecule has 4 aromatic heterocycles. The summed E-state index contributed by atoms with van der Waals surface area (Å²) < 4.78 is 5.88. The smallest absolute Gasteiger partial charge is 0.236 e. The van der Waals surface area contributed by atoms with Crippen LogP contribution in [0.1, 0.15) is 0 Å². The van der Waals surface area contributed by atoms with Crippen molar-refractivity contribution in [2.75, 3.05) is 0 Å². The third-order valence-corrected chi connectivity index (χ3v) is 10.0. The van der Waals surface area contributed by atoms with Gasteiger partial charge < -0.3 is 4.57 Å². The van der Waals surface area contributed by atoms with Crippen LogP contribution in [-0.2, 0) is 0 Å². The van der Waals surface area contributed by atoms with Crippen LogP contribution in [0.15, 0.2) is 146 Å². The van der Waals surface area contributed by atoms with Crippen LogP contribution >= 0.6 is 11.3 Å². The zero-order valence-electron chi connectivity index (χ0n) is 24.1. The predicted octanol–water partition coefficient (Wildman–Crippen LogP) is 10.7. The van der Waals surface area contributed by atoms with E-state index in [2.05, 4.69) is 155 Å². The average molecular weight is 593 g/mol. The lowest BCUT2D eigenvalue weighted by atomic mass is 10.1. The van der Waals surface area contributed by atoms with E-state index < -0.39 is 0 Å². The first-order chi connectivity index (χ1) is 22.3. The molecule has 10 aromatic rings. The maximum Gasteiger partial charge on any atom is 0.236 e. The molecular weight excluding hydrogens is 569 g/mol. The number of hydrogen-bond donors (Lipinski definition) is 0. The molecule has 10 rings (SSSR count). The lowest BCUT2D eigenvalue weighted by Gasteiger charge is -2.11. The Morgan fingerprint density at radius 2 is 1.09 bits per heavy atom. The van der Waals surface area contributed by atoms with Crippen molar-refractivity contribution in [3.63, 3.8) is 0 Å². The summed E-state index contributed by atoms with van der Waals surface area (Å²) in [6, 6.07) is 51.6. The summed E-state index contributed by atoms with van der Waals surface area (Å²) in [5.74, 6) is 0.683. The standard InChI is InChI=1S/C40H24N4S/c1-3-13-25(14-4-1)37-36-30-19-9-12-22-34(30)45-39(36)42-40(41-37)44-31-20-10-7-17-27(31)28-23-24-33-35(38(28)44)29-18-8-11-21-32(29)43(33)26-15-5-2-6-16-26/h1-24H. The average Bonchev–Trinajstić information content (AvgIpc) is 3.76. The van der Waals surface area contributed by atoms with E-state index in [9.17, 15) is 0 Å². The van der Waals surface area contributed by atoms with Crippen molar-refractivity contribution in [3.8, 4) is 22.9 Å². The van der Waals surface area contributed by atoms with Crippen molar-refractivity contribution < 1.29 is 0 Å². The summed E-state index contributed by atoms with van der Waals surface area (Å²) in [5.41, 5.74) is 7.73. The summed E-state index contributed by atoms with van der Waals surface area (Å²) in [4.78, 5) is 11.8. The molecule has 0 N–H and O–H groups in total. The Morgan fingerprint density at radius 3 is 1.89 bits per heavy atom. The van der Waals surface area contributed by atoms with Crippen molar-refractivity contribution in [1.29, 1.82) is 0 Å². The molecule has 5 heteroatoms. The fourth-order valence-electron chi connectivity index (χ4n) is 7.09. The number of nitrogens with zero attached hydrogens (tertiary/aromatic N) is 4. The molecule has 0 fully saturated rings. The van der Waals surface area contributed by atoms with Crippen molar-refractivity contribution in [1.82, 2.24) is 19.1 Å². The van der Waals surface area contributed by atoms with Gasteiger partial charge in [-0.1, -0.05) is 109 Å². The molecule has 4 nitrogen and oxygen atoms in total. The van der Waals surface area contributed by atoms with E-state index in [1.807, 2.05) is 0 Å². The lowest BCUT2D eigenvalue weighted by molar-refractivity contribution is 1.02. The molecule has 6 aromatic carbocycles. The van der Waals surface area contributed by atoms with Gasteiger partial charge >= 0.3 is 0 Å². The molecule has 0 aliphatic carbocycles. The van der Waals surface area contributed by atoms with Crippen molar-refractivity contribution >= 4 is 75.3 Å². The van der Waals surface area contributed by atoms with Crippen LogP contribution in [0.5, 0.6) is 0 Å². The zero-order valence-corrected chi connectivity index (χ0v) is 24.9. The summed E-state index contributed by atoms with van der Waals surface area (Å²) in [6.07, 6.45) is 0. The third kappa shape index (κ3) is 3.47. The third-order valence-electron chi connectivity index (χ3n) is 8.96. The molecule has 0 aliphatic rings. The predicted molar refractivity (Wildman–Crippen MR) is 189 cm³/mol. The molecule has 210 valence electrons. The van der Waals surface area contributed by atoms with E-state index in [0.717, 1.165) is 43.7 Å². The van der Waals surface area contributed by atoms with Crippen molar-refractivity contribution in [2.45, 2.75) is 0 Å². The summed E-state index contributed by atoms with van der Waals surface area (Å²) in [5, 5.41) is 7.08. The second-order valence-corrected chi connectivity index (χ2v) is 12.4.